The Morgan fingerprint density at radius 1 is 1.24 bits per heavy atom. The predicted molar refractivity (Wildman–Crippen MR) is 80.8 cm³/mol. The lowest BCUT2D eigenvalue weighted by molar-refractivity contribution is 0.344. The molecule has 0 aromatic heterocycles. The normalized spacial score (nSPS) is 20.0. The van der Waals surface area contributed by atoms with E-state index in [9.17, 15) is 8.42 Å². The summed E-state index contributed by atoms with van der Waals surface area (Å²) < 4.78 is 38.2. The topological polar surface area (TPSA) is 59.1 Å². The molecule has 1 fully saturated rings. The molecule has 6 nitrogen and oxygen atoms in total. The largest absolute Gasteiger partial charge is 0.497 e. The SMILES string of the molecule is COc1ccc([C@H]2CCCN2S(=O)(=O)N(C)C)c(OC)c1. The Bertz CT molecular complexity index is 601. The van der Waals surface area contributed by atoms with Crippen LogP contribution in [0.15, 0.2) is 18.2 Å². The molecule has 7 heteroatoms. The van der Waals surface area contributed by atoms with Crippen molar-refractivity contribution in [1.29, 1.82) is 0 Å². The highest BCUT2D eigenvalue weighted by molar-refractivity contribution is 7.86. The fourth-order valence-corrected chi connectivity index (χ4v) is 3.95. The zero-order chi connectivity index (χ0) is 15.6. The molecule has 0 radical (unpaired) electrons. The quantitative estimate of drug-likeness (QED) is 0.829. The summed E-state index contributed by atoms with van der Waals surface area (Å²) in [5.74, 6) is 1.34. The van der Waals surface area contributed by atoms with Gasteiger partial charge in [-0.3, -0.25) is 0 Å². The van der Waals surface area contributed by atoms with Gasteiger partial charge in [0.1, 0.15) is 11.5 Å². The molecule has 0 bridgehead atoms. The van der Waals surface area contributed by atoms with Gasteiger partial charge in [0.25, 0.3) is 10.2 Å². The highest BCUT2D eigenvalue weighted by atomic mass is 32.2. The van der Waals surface area contributed by atoms with E-state index in [1.807, 2.05) is 12.1 Å². The average Bonchev–Trinajstić information content (AvgIpc) is 2.96. The van der Waals surface area contributed by atoms with Gasteiger partial charge in [0, 0.05) is 32.3 Å². The van der Waals surface area contributed by atoms with Crippen LogP contribution in [0, 0.1) is 0 Å². The molecule has 0 aliphatic carbocycles. The fraction of sp³-hybridized carbons (Fsp3) is 0.571. The van der Waals surface area contributed by atoms with Crippen LogP contribution in [-0.4, -0.2) is 51.9 Å². The van der Waals surface area contributed by atoms with Gasteiger partial charge in [-0.2, -0.15) is 17.0 Å². The molecule has 1 heterocycles. The summed E-state index contributed by atoms with van der Waals surface area (Å²) in [6.07, 6.45) is 1.63. The molecule has 0 saturated carbocycles. The maximum Gasteiger partial charge on any atom is 0.282 e. The van der Waals surface area contributed by atoms with Crippen molar-refractivity contribution < 1.29 is 17.9 Å². The monoisotopic (exact) mass is 314 g/mol. The Morgan fingerprint density at radius 3 is 2.52 bits per heavy atom. The van der Waals surface area contributed by atoms with Crippen molar-refractivity contribution in [1.82, 2.24) is 8.61 Å². The summed E-state index contributed by atoms with van der Waals surface area (Å²) in [7, 11) is 2.84. The van der Waals surface area contributed by atoms with Crippen LogP contribution in [0.4, 0.5) is 0 Å². The number of hydrogen-bond donors (Lipinski definition) is 0. The van der Waals surface area contributed by atoms with Gasteiger partial charge >= 0.3 is 0 Å². The van der Waals surface area contributed by atoms with Crippen LogP contribution in [0.2, 0.25) is 0 Å². The first-order chi connectivity index (χ1) is 9.91. The number of benzene rings is 1. The van der Waals surface area contributed by atoms with Crippen molar-refractivity contribution in [2.45, 2.75) is 18.9 Å². The first-order valence-corrected chi connectivity index (χ1v) is 8.22. The van der Waals surface area contributed by atoms with E-state index in [-0.39, 0.29) is 6.04 Å². The van der Waals surface area contributed by atoms with Gasteiger partial charge in [-0.05, 0) is 18.9 Å². The maximum atomic E-state index is 12.4. The van der Waals surface area contributed by atoms with E-state index in [2.05, 4.69) is 0 Å². The van der Waals surface area contributed by atoms with E-state index in [1.165, 1.54) is 8.61 Å². The Kier molecular flexibility index (Phi) is 4.75. The van der Waals surface area contributed by atoms with Crippen molar-refractivity contribution in [3.05, 3.63) is 23.8 Å². The summed E-state index contributed by atoms with van der Waals surface area (Å²) >= 11 is 0. The Labute approximate surface area is 126 Å². The predicted octanol–water partition coefficient (Wildman–Crippen LogP) is 1.65. The average molecular weight is 314 g/mol. The van der Waals surface area contributed by atoms with Crippen molar-refractivity contribution in [3.63, 3.8) is 0 Å². The molecule has 0 spiro atoms. The molecule has 21 heavy (non-hydrogen) atoms. The van der Waals surface area contributed by atoms with Crippen LogP contribution >= 0.6 is 0 Å². The fourth-order valence-electron chi connectivity index (χ4n) is 2.63. The third-order valence-electron chi connectivity index (χ3n) is 3.76. The van der Waals surface area contributed by atoms with Gasteiger partial charge in [0.15, 0.2) is 0 Å². The molecule has 1 atom stereocenters. The van der Waals surface area contributed by atoms with Crippen molar-refractivity contribution in [2.24, 2.45) is 0 Å². The van der Waals surface area contributed by atoms with Gasteiger partial charge in [-0.1, -0.05) is 6.07 Å². The minimum absolute atomic E-state index is 0.196. The number of ether oxygens (including phenoxy) is 2. The minimum Gasteiger partial charge on any atom is -0.497 e. The second-order valence-electron chi connectivity index (χ2n) is 5.17. The summed E-state index contributed by atoms with van der Waals surface area (Å²) in [6.45, 7) is 0.528. The first kappa shape index (κ1) is 16.1. The number of rotatable bonds is 5. The maximum absolute atomic E-state index is 12.4. The van der Waals surface area contributed by atoms with Gasteiger partial charge in [-0.15, -0.1) is 0 Å². The summed E-state index contributed by atoms with van der Waals surface area (Å²) in [5, 5.41) is 0. The van der Waals surface area contributed by atoms with Crippen molar-refractivity contribution in [3.8, 4) is 11.5 Å². The molecular weight excluding hydrogens is 292 g/mol. The summed E-state index contributed by atoms with van der Waals surface area (Å²) in [4.78, 5) is 0. The van der Waals surface area contributed by atoms with Crippen LogP contribution in [0.25, 0.3) is 0 Å². The Balaban J connectivity index is 2.41. The number of hydrogen-bond acceptors (Lipinski definition) is 4. The lowest BCUT2D eigenvalue weighted by atomic mass is 10.0. The van der Waals surface area contributed by atoms with Crippen LogP contribution in [0.3, 0.4) is 0 Å². The lowest BCUT2D eigenvalue weighted by Crippen LogP contribution is -2.39. The second kappa shape index (κ2) is 6.21. The number of nitrogens with zero attached hydrogens (tertiary/aromatic N) is 2. The Hall–Kier alpha value is -1.31. The molecule has 1 aliphatic rings. The van der Waals surface area contributed by atoms with Crippen molar-refractivity contribution >= 4 is 10.2 Å². The third-order valence-corrected chi connectivity index (χ3v) is 5.71. The van der Waals surface area contributed by atoms with Gasteiger partial charge in [0.2, 0.25) is 0 Å². The molecule has 0 N–H and O–H groups in total. The van der Waals surface area contributed by atoms with Gasteiger partial charge < -0.3 is 9.47 Å². The standard InChI is InChI=1S/C14H22N2O4S/c1-15(2)21(17,18)16-9-5-6-13(16)12-8-7-11(19-3)10-14(12)20-4/h7-8,10,13H,5-6,9H2,1-4H3/t13-/m1/s1. The summed E-state index contributed by atoms with van der Waals surface area (Å²) in [5.41, 5.74) is 0.876. The van der Waals surface area contributed by atoms with E-state index < -0.39 is 10.2 Å². The highest BCUT2D eigenvalue weighted by Gasteiger charge is 2.37. The molecule has 1 saturated heterocycles. The summed E-state index contributed by atoms with van der Waals surface area (Å²) in [6, 6.07) is 5.30. The third kappa shape index (κ3) is 3.00. The zero-order valence-corrected chi connectivity index (χ0v) is 13.7. The Morgan fingerprint density at radius 2 is 1.95 bits per heavy atom. The molecule has 1 aromatic carbocycles. The molecule has 2 rings (SSSR count). The molecule has 0 unspecified atom stereocenters. The molecule has 1 aliphatic heterocycles. The van der Waals surface area contributed by atoms with E-state index in [0.29, 0.717) is 18.0 Å². The van der Waals surface area contributed by atoms with E-state index in [4.69, 9.17) is 9.47 Å². The lowest BCUT2D eigenvalue weighted by Gasteiger charge is -2.28. The van der Waals surface area contributed by atoms with Crippen LogP contribution < -0.4 is 9.47 Å². The van der Waals surface area contributed by atoms with Gasteiger partial charge in [0.05, 0.1) is 20.3 Å². The van der Waals surface area contributed by atoms with E-state index >= 15 is 0 Å². The van der Waals surface area contributed by atoms with E-state index in [0.717, 1.165) is 18.4 Å². The first-order valence-electron chi connectivity index (χ1n) is 6.83. The van der Waals surface area contributed by atoms with Crippen LogP contribution in [0.1, 0.15) is 24.4 Å². The molecular formula is C14H22N2O4S. The molecule has 1 aromatic rings. The van der Waals surface area contributed by atoms with Crippen LogP contribution in [-0.2, 0) is 10.2 Å². The molecule has 0 amide bonds. The number of methoxy groups -OCH3 is 2. The van der Waals surface area contributed by atoms with Crippen molar-refractivity contribution in [2.75, 3.05) is 34.9 Å². The van der Waals surface area contributed by atoms with E-state index in [1.54, 1.807) is 34.4 Å². The molecule has 118 valence electrons. The highest BCUT2D eigenvalue weighted by Crippen LogP contribution is 2.40. The van der Waals surface area contributed by atoms with Gasteiger partial charge in [-0.25, -0.2) is 0 Å². The second-order valence-corrected chi connectivity index (χ2v) is 7.26. The smallest absolute Gasteiger partial charge is 0.282 e. The zero-order valence-electron chi connectivity index (χ0n) is 12.9. The minimum atomic E-state index is -3.43. The van der Waals surface area contributed by atoms with Crippen LogP contribution in [0.5, 0.6) is 11.5 Å².